The molecule has 0 unspecified atom stereocenters. The van der Waals surface area contributed by atoms with Gasteiger partial charge in [0.05, 0.1) is 0 Å². The standard InChI is InChI=1S/C22H26F2N2O2/c23-22(24)28-20-9-6-18(7-10-20)16-26-14-12-17(13-15-26)8-11-21(27)25-19-4-2-1-3-5-19/h1-7,9-10,17,22H,8,11-16H2,(H,25,27). The summed E-state index contributed by atoms with van der Waals surface area (Å²) in [6.45, 7) is -0.0175. The Kier molecular flexibility index (Phi) is 7.37. The molecule has 2 aromatic carbocycles. The maximum Gasteiger partial charge on any atom is 0.387 e. The molecule has 6 heteroatoms. The van der Waals surface area contributed by atoms with Gasteiger partial charge in [0.25, 0.3) is 0 Å². The van der Waals surface area contributed by atoms with E-state index in [9.17, 15) is 13.6 Å². The predicted molar refractivity (Wildman–Crippen MR) is 105 cm³/mol. The summed E-state index contributed by atoms with van der Waals surface area (Å²) in [5, 5.41) is 2.93. The lowest BCUT2D eigenvalue weighted by Gasteiger charge is -2.32. The van der Waals surface area contributed by atoms with Gasteiger partial charge in [-0.25, -0.2) is 0 Å². The normalized spacial score (nSPS) is 15.5. The third kappa shape index (κ3) is 6.60. The SMILES string of the molecule is O=C(CCC1CCN(Cc2ccc(OC(F)F)cc2)CC1)Nc1ccccc1. The number of para-hydroxylation sites is 1. The number of rotatable bonds is 8. The molecular formula is C22H26F2N2O2. The van der Waals surface area contributed by atoms with Crippen LogP contribution in [0.2, 0.25) is 0 Å². The summed E-state index contributed by atoms with van der Waals surface area (Å²) >= 11 is 0. The monoisotopic (exact) mass is 388 g/mol. The Morgan fingerprint density at radius 2 is 1.75 bits per heavy atom. The third-order valence-electron chi connectivity index (χ3n) is 5.10. The number of nitrogens with one attached hydrogen (secondary N) is 1. The van der Waals surface area contributed by atoms with Gasteiger partial charge in [0.15, 0.2) is 0 Å². The minimum absolute atomic E-state index is 0.0692. The molecule has 1 saturated heterocycles. The highest BCUT2D eigenvalue weighted by atomic mass is 19.3. The molecule has 4 nitrogen and oxygen atoms in total. The molecule has 2 aromatic rings. The number of piperidine rings is 1. The predicted octanol–water partition coefficient (Wildman–Crippen LogP) is 4.92. The molecule has 0 aromatic heterocycles. The van der Waals surface area contributed by atoms with E-state index in [-0.39, 0.29) is 11.7 Å². The molecular weight excluding hydrogens is 362 g/mol. The summed E-state index contributed by atoms with van der Waals surface area (Å²) in [7, 11) is 0. The van der Waals surface area contributed by atoms with Crippen LogP contribution in [0.15, 0.2) is 54.6 Å². The smallest absolute Gasteiger partial charge is 0.387 e. The molecule has 28 heavy (non-hydrogen) atoms. The molecule has 1 aliphatic rings. The minimum atomic E-state index is -2.79. The van der Waals surface area contributed by atoms with E-state index in [0.717, 1.165) is 50.1 Å². The Bertz CT molecular complexity index is 730. The highest BCUT2D eigenvalue weighted by Crippen LogP contribution is 2.24. The van der Waals surface area contributed by atoms with Gasteiger partial charge in [-0.05, 0) is 68.1 Å². The lowest BCUT2D eigenvalue weighted by atomic mass is 9.92. The van der Waals surface area contributed by atoms with Crippen molar-refractivity contribution >= 4 is 11.6 Å². The highest BCUT2D eigenvalue weighted by Gasteiger charge is 2.20. The Labute approximate surface area is 164 Å². The number of halogens is 2. The number of carbonyl (C=O) groups is 1. The molecule has 1 N–H and O–H groups in total. The number of benzene rings is 2. The lowest BCUT2D eigenvalue weighted by molar-refractivity contribution is -0.116. The summed E-state index contributed by atoms with van der Waals surface area (Å²) in [6.07, 6.45) is 3.60. The van der Waals surface area contributed by atoms with Crippen LogP contribution in [0.3, 0.4) is 0 Å². The van der Waals surface area contributed by atoms with Gasteiger partial charge < -0.3 is 10.1 Å². The van der Waals surface area contributed by atoms with Crippen molar-refractivity contribution in [3.8, 4) is 5.75 Å². The molecule has 0 aliphatic carbocycles. The quantitative estimate of drug-likeness (QED) is 0.698. The van der Waals surface area contributed by atoms with Crippen molar-refractivity contribution in [2.45, 2.75) is 38.8 Å². The topological polar surface area (TPSA) is 41.6 Å². The van der Waals surface area contributed by atoms with Crippen LogP contribution in [0.1, 0.15) is 31.2 Å². The average Bonchev–Trinajstić information content (AvgIpc) is 2.69. The van der Waals surface area contributed by atoms with Crippen molar-refractivity contribution in [1.82, 2.24) is 4.90 Å². The Morgan fingerprint density at radius 3 is 2.39 bits per heavy atom. The van der Waals surface area contributed by atoms with Gasteiger partial charge in [0, 0.05) is 18.7 Å². The zero-order chi connectivity index (χ0) is 19.8. The van der Waals surface area contributed by atoms with E-state index in [0.29, 0.717) is 12.3 Å². The fraction of sp³-hybridized carbons (Fsp3) is 0.409. The number of nitrogens with zero attached hydrogens (tertiary/aromatic N) is 1. The van der Waals surface area contributed by atoms with E-state index in [1.54, 1.807) is 12.1 Å². The second-order valence-electron chi connectivity index (χ2n) is 7.19. The molecule has 150 valence electrons. The fourth-order valence-corrected chi connectivity index (χ4v) is 3.55. The van der Waals surface area contributed by atoms with Crippen LogP contribution >= 0.6 is 0 Å². The van der Waals surface area contributed by atoms with E-state index in [1.807, 2.05) is 42.5 Å². The van der Waals surface area contributed by atoms with Crippen LogP contribution < -0.4 is 10.1 Å². The molecule has 3 rings (SSSR count). The maximum absolute atomic E-state index is 12.2. The van der Waals surface area contributed by atoms with Crippen LogP contribution in [0.4, 0.5) is 14.5 Å². The van der Waals surface area contributed by atoms with Crippen LogP contribution in [-0.2, 0) is 11.3 Å². The van der Waals surface area contributed by atoms with Gasteiger partial charge in [0.2, 0.25) is 5.91 Å². The van der Waals surface area contributed by atoms with Crippen LogP contribution in [0.5, 0.6) is 5.75 Å². The first-order valence-corrected chi connectivity index (χ1v) is 9.69. The molecule has 1 aliphatic heterocycles. The Balaban J connectivity index is 1.35. The van der Waals surface area contributed by atoms with E-state index >= 15 is 0 Å². The summed E-state index contributed by atoms with van der Waals surface area (Å²) in [4.78, 5) is 14.4. The summed E-state index contributed by atoms with van der Waals surface area (Å²) in [5.41, 5.74) is 1.93. The first kappa shape index (κ1) is 20.3. The minimum Gasteiger partial charge on any atom is -0.435 e. The second-order valence-corrected chi connectivity index (χ2v) is 7.19. The Morgan fingerprint density at radius 1 is 1.07 bits per heavy atom. The molecule has 0 atom stereocenters. The van der Waals surface area contributed by atoms with Crippen molar-refractivity contribution in [3.05, 3.63) is 60.2 Å². The van der Waals surface area contributed by atoms with Crippen LogP contribution in [-0.4, -0.2) is 30.5 Å². The first-order valence-electron chi connectivity index (χ1n) is 9.69. The number of ether oxygens (including phenoxy) is 1. The summed E-state index contributed by atoms with van der Waals surface area (Å²) < 4.78 is 28.8. The average molecular weight is 388 g/mol. The van der Waals surface area contributed by atoms with Crippen molar-refractivity contribution < 1.29 is 18.3 Å². The van der Waals surface area contributed by atoms with Crippen molar-refractivity contribution in [3.63, 3.8) is 0 Å². The first-order chi connectivity index (χ1) is 13.6. The summed E-state index contributed by atoms with van der Waals surface area (Å²) in [6, 6.07) is 16.4. The van der Waals surface area contributed by atoms with Crippen molar-refractivity contribution in [2.24, 2.45) is 5.92 Å². The van der Waals surface area contributed by atoms with E-state index in [2.05, 4.69) is 15.0 Å². The van der Waals surface area contributed by atoms with Gasteiger partial charge in [-0.1, -0.05) is 30.3 Å². The third-order valence-corrected chi connectivity index (χ3v) is 5.10. The van der Waals surface area contributed by atoms with Gasteiger partial charge in [0.1, 0.15) is 5.75 Å². The van der Waals surface area contributed by atoms with E-state index < -0.39 is 6.61 Å². The van der Waals surface area contributed by atoms with E-state index in [1.165, 1.54) is 0 Å². The van der Waals surface area contributed by atoms with Gasteiger partial charge in [-0.3, -0.25) is 9.69 Å². The van der Waals surface area contributed by atoms with Gasteiger partial charge in [-0.15, -0.1) is 0 Å². The molecule has 0 spiro atoms. The van der Waals surface area contributed by atoms with Crippen LogP contribution in [0, 0.1) is 5.92 Å². The molecule has 0 saturated carbocycles. The lowest BCUT2D eigenvalue weighted by Crippen LogP contribution is -2.33. The van der Waals surface area contributed by atoms with Crippen LogP contribution in [0.25, 0.3) is 0 Å². The molecule has 1 heterocycles. The number of likely N-dealkylation sites (tertiary alicyclic amines) is 1. The number of alkyl halides is 2. The van der Waals surface area contributed by atoms with Gasteiger partial charge in [-0.2, -0.15) is 8.78 Å². The number of hydrogen-bond acceptors (Lipinski definition) is 3. The summed E-state index contributed by atoms with van der Waals surface area (Å²) in [5.74, 6) is 0.825. The molecule has 0 radical (unpaired) electrons. The van der Waals surface area contributed by atoms with E-state index in [4.69, 9.17) is 0 Å². The zero-order valence-electron chi connectivity index (χ0n) is 15.8. The number of carbonyl (C=O) groups excluding carboxylic acids is 1. The molecule has 1 fully saturated rings. The maximum atomic E-state index is 12.2. The van der Waals surface area contributed by atoms with Gasteiger partial charge >= 0.3 is 6.61 Å². The number of amides is 1. The van der Waals surface area contributed by atoms with Crippen molar-refractivity contribution in [2.75, 3.05) is 18.4 Å². The number of anilines is 1. The Hall–Kier alpha value is -2.47. The number of hydrogen-bond donors (Lipinski definition) is 1. The highest BCUT2D eigenvalue weighted by molar-refractivity contribution is 5.90. The molecule has 1 amide bonds. The zero-order valence-corrected chi connectivity index (χ0v) is 15.8. The molecule has 0 bridgehead atoms. The second kappa shape index (κ2) is 10.2. The van der Waals surface area contributed by atoms with Crippen molar-refractivity contribution in [1.29, 1.82) is 0 Å². The largest absolute Gasteiger partial charge is 0.435 e. The fourth-order valence-electron chi connectivity index (χ4n) is 3.55.